The van der Waals surface area contributed by atoms with Crippen LogP contribution in [0.5, 0.6) is 0 Å². The number of rotatable bonds is 4. The van der Waals surface area contributed by atoms with Crippen LogP contribution in [0, 0.1) is 17.2 Å². The van der Waals surface area contributed by atoms with E-state index in [0.717, 1.165) is 38.2 Å². The van der Waals surface area contributed by atoms with Crippen molar-refractivity contribution in [3.63, 3.8) is 0 Å². The van der Waals surface area contributed by atoms with E-state index < -0.39 is 6.43 Å². The summed E-state index contributed by atoms with van der Waals surface area (Å²) >= 11 is 0. The van der Waals surface area contributed by atoms with Gasteiger partial charge >= 0.3 is 0 Å². The fourth-order valence-corrected chi connectivity index (χ4v) is 2.94. The molecule has 1 aliphatic rings. The summed E-state index contributed by atoms with van der Waals surface area (Å²) in [5.41, 5.74) is 1.99. The first-order valence-electron chi connectivity index (χ1n) is 7.14. The monoisotopic (exact) mass is 275 g/mol. The molecule has 0 spiro atoms. The van der Waals surface area contributed by atoms with Crippen LogP contribution < -0.4 is 0 Å². The summed E-state index contributed by atoms with van der Waals surface area (Å²) in [5.74, 6) is 1.10. The number of halogens is 2. The molecule has 106 valence electrons. The van der Waals surface area contributed by atoms with Crippen molar-refractivity contribution in [1.29, 1.82) is 5.26 Å². The van der Waals surface area contributed by atoms with E-state index in [9.17, 15) is 8.78 Å². The zero-order chi connectivity index (χ0) is 14.4. The van der Waals surface area contributed by atoms with Gasteiger partial charge in [-0.15, -0.1) is 0 Å². The lowest BCUT2D eigenvalue weighted by atomic mass is 9.77. The van der Waals surface area contributed by atoms with Crippen LogP contribution in [-0.4, -0.2) is 6.43 Å². The van der Waals surface area contributed by atoms with Crippen LogP contribution in [0.25, 0.3) is 0 Å². The van der Waals surface area contributed by atoms with Gasteiger partial charge in [-0.1, -0.05) is 18.2 Å². The third-order valence-electron chi connectivity index (χ3n) is 4.11. The molecule has 1 fully saturated rings. The van der Waals surface area contributed by atoms with Crippen molar-refractivity contribution in [2.24, 2.45) is 5.92 Å². The second kappa shape index (κ2) is 7.19. The Labute approximate surface area is 118 Å². The fourth-order valence-electron chi connectivity index (χ4n) is 2.94. The predicted molar refractivity (Wildman–Crippen MR) is 75.6 cm³/mol. The fraction of sp³-hybridized carbons (Fsp3) is 0.471. The Kier molecular flexibility index (Phi) is 5.29. The summed E-state index contributed by atoms with van der Waals surface area (Å²) in [6.07, 6.45) is 5.47. The lowest BCUT2D eigenvalue weighted by molar-refractivity contribution is 0.203. The number of alkyl halides is 2. The molecular weight excluding hydrogens is 256 g/mol. The molecule has 3 heteroatoms. The van der Waals surface area contributed by atoms with Crippen LogP contribution in [0.2, 0.25) is 0 Å². The van der Waals surface area contributed by atoms with Crippen molar-refractivity contribution in [3.8, 4) is 6.07 Å². The smallest absolute Gasteiger partial charge is 0.206 e. The quantitative estimate of drug-likeness (QED) is 0.706. The van der Waals surface area contributed by atoms with Gasteiger partial charge in [0.2, 0.25) is 0 Å². The molecule has 0 aliphatic heterocycles. The first-order valence-corrected chi connectivity index (χ1v) is 7.14. The zero-order valence-corrected chi connectivity index (χ0v) is 11.4. The first-order chi connectivity index (χ1) is 9.69. The van der Waals surface area contributed by atoms with Gasteiger partial charge in [0.25, 0.3) is 6.43 Å². The van der Waals surface area contributed by atoms with Crippen molar-refractivity contribution in [2.45, 2.75) is 44.4 Å². The summed E-state index contributed by atoms with van der Waals surface area (Å²) in [7, 11) is 0. The number of allylic oxidation sites excluding steroid dienone is 2. The van der Waals surface area contributed by atoms with E-state index in [1.165, 1.54) is 5.56 Å². The lowest BCUT2D eigenvalue weighted by Gasteiger charge is -2.28. The van der Waals surface area contributed by atoms with Crippen molar-refractivity contribution in [1.82, 2.24) is 0 Å². The maximum Gasteiger partial charge on any atom is 0.257 e. The van der Waals surface area contributed by atoms with Gasteiger partial charge in [0.05, 0.1) is 11.6 Å². The van der Waals surface area contributed by atoms with E-state index in [1.807, 2.05) is 24.3 Å². The summed E-state index contributed by atoms with van der Waals surface area (Å²) in [6.45, 7) is 0. The van der Waals surface area contributed by atoms with Crippen molar-refractivity contribution in [3.05, 3.63) is 47.5 Å². The highest BCUT2D eigenvalue weighted by molar-refractivity contribution is 5.33. The normalized spacial score (nSPS) is 23.1. The van der Waals surface area contributed by atoms with Crippen LogP contribution in [-0.2, 0) is 0 Å². The Morgan fingerprint density at radius 1 is 1.15 bits per heavy atom. The third kappa shape index (κ3) is 4.16. The second-order valence-electron chi connectivity index (χ2n) is 5.45. The van der Waals surface area contributed by atoms with Gasteiger partial charge in [-0.2, -0.15) is 5.26 Å². The van der Waals surface area contributed by atoms with Gasteiger partial charge in [-0.3, -0.25) is 0 Å². The topological polar surface area (TPSA) is 23.8 Å². The average Bonchev–Trinajstić information content (AvgIpc) is 2.48. The zero-order valence-electron chi connectivity index (χ0n) is 11.4. The number of nitriles is 1. The second-order valence-corrected chi connectivity index (χ2v) is 5.45. The molecule has 1 aliphatic carbocycles. The highest BCUT2D eigenvalue weighted by Crippen LogP contribution is 2.37. The van der Waals surface area contributed by atoms with Crippen molar-refractivity contribution < 1.29 is 8.78 Å². The van der Waals surface area contributed by atoms with Gasteiger partial charge < -0.3 is 0 Å². The van der Waals surface area contributed by atoms with Crippen LogP contribution >= 0.6 is 0 Å². The molecule has 1 aromatic rings. The first kappa shape index (κ1) is 14.7. The molecule has 1 nitrogen and oxygen atoms in total. The summed E-state index contributed by atoms with van der Waals surface area (Å²) in [5, 5.41) is 8.79. The minimum atomic E-state index is -2.33. The highest BCUT2D eigenvalue weighted by Gasteiger charge is 2.21. The number of hydrogen-bond donors (Lipinski definition) is 0. The van der Waals surface area contributed by atoms with Crippen LogP contribution in [0.1, 0.15) is 49.1 Å². The van der Waals surface area contributed by atoms with E-state index >= 15 is 0 Å². The molecule has 1 aromatic carbocycles. The van der Waals surface area contributed by atoms with E-state index in [0.29, 0.717) is 17.4 Å². The average molecular weight is 275 g/mol. The molecule has 0 saturated heterocycles. The Morgan fingerprint density at radius 3 is 2.35 bits per heavy atom. The lowest BCUT2D eigenvalue weighted by Crippen LogP contribution is -2.12. The number of benzene rings is 1. The molecule has 0 aromatic heterocycles. The van der Waals surface area contributed by atoms with E-state index in [4.69, 9.17) is 5.26 Å². The molecule has 20 heavy (non-hydrogen) atoms. The Morgan fingerprint density at radius 2 is 1.80 bits per heavy atom. The summed E-state index contributed by atoms with van der Waals surface area (Å²) in [4.78, 5) is 0. The van der Waals surface area contributed by atoms with Crippen LogP contribution in [0.4, 0.5) is 8.78 Å². The number of hydrogen-bond acceptors (Lipinski definition) is 1. The maximum atomic E-state index is 12.0. The molecule has 0 unspecified atom stereocenters. The van der Waals surface area contributed by atoms with E-state index in [-0.39, 0.29) is 0 Å². The number of nitrogens with zero attached hydrogens (tertiary/aromatic N) is 1. The minimum Gasteiger partial charge on any atom is -0.206 e. The molecule has 0 radical (unpaired) electrons. The molecule has 0 bridgehead atoms. The third-order valence-corrected chi connectivity index (χ3v) is 4.11. The Hall–Kier alpha value is -1.69. The van der Waals surface area contributed by atoms with Crippen LogP contribution in [0.15, 0.2) is 36.4 Å². The van der Waals surface area contributed by atoms with Gasteiger partial charge in [0.1, 0.15) is 0 Å². The Balaban J connectivity index is 1.83. The predicted octanol–water partition coefficient (Wildman–Crippen LogP) is 5.04. The molecule has 0 atom stereocenters. The molecular formula is C17H19F2N. The van der Waals surface area contributed by atoms with Crippen LogP contribution in [0.3, 0.4) is 0 Å². The molecule has 0 N–H and O–H groups in total. The largest absolute Gasteiger partial charge is 0.257 e. The van der Waals surface area contributed by atoms with E-state index in [1.54, 1.807) is 6.08 Å². The van der Waals surface area contributed by atoms with Gasteiger partial charge in [0.15, 0.2) is 0 Å². The standard InChI is InChI=1S/C17H19F2N/c18-17(19)3-1-2-13-4-8-15(9-5-13)16-10-6-14(12-20)7-11-16/h1,3,6-7,10-11,13,15,17H,2,4-5,8-9H2/t13-,15-. The summed E-state index contributed by atoms with van der Waals surface area (Å²) < 4.78 is 24.0. The highest BCUT2D eigenvalue weighted by atomic mass is 19.3. The van der Waals surface area contributed by atoms with Gasteiger partial charge in [-0.05, 0) is 67.7 Å². The Bertz CT molecular complexity index is 477. The van der Waals surface area contributed by atoms with Gasteiger partial charge in [-0.25, -0.2) is 8.78 Å². The van der Waals surface area contributed by atoms with Gasteiger partial charge in [0, 0.05) is 0 Å². The minimum absolute atomic E-state index is 0.541. The molecule has 1 saturated carbocycles. The molecule has 0 heterocycles. The molecule has 0 amide bonds. The van der Waals surface area contributed by atoms with Crippen molar-refractivity contribution >= 4 is 0 Å². The summed E-state index contributed by atoms with van der Waals surface area (Å²) in [6, 6.07) is 9.95. The molecule has 2 rings (SSSR count). The van der Waals surface area contributed by atoms with Crippen molar-refractivity contribution in [2.75, 3.05) is 0 Å². The maximum absolute atomic E-state index is 12.0. The SMILES string of the molecule is N#Cc1ccc([C@H]2CC[C@H](CC=CC(F)F)CC2)cc1. The van der Waals surface area contributed by atoms with E-state index in [2.05, 4.69) is 6.07 Å².